The number of hydrogen-bond donors (Lipinski definition) is 2. The maximum Gasteiger partial charge on any atom is 0.258 e. The molecule has 0 atom stereocenters. The van der Waals surface area contributed by atoms with E-state index < -0.39 is 5.91 Å². The molecule has 5 nitrogen and oxygen atoms in total. The molecule has 0 aliphatic carbocycles. The highest BCUT2D eigenvalue weighted by Gasteiger charge is 2.05. The van der Waals surface area contributed by atoms with Gasteiger partial charge in [-0.1, -0.05) is 11.6 Å². The summed E-state index contributed by atoms with van der Waals surface area (Å²) < 4.78 is 0. The highest BCUT2D eigenvalue weighted by atomic mass is 16.1. The van der Waals surface area contributed by atoms with Crippen LogP contribution in [0.2, 0.25) is 0 Å². The van der Waals surface area contributed by atoms with Crippen molar-refractivity contribution < 1.29 is 4.79 Å². The molecule has 0 saturated heterocycles. The standard InChI is InChI=1S/C11H11N3O2/c1-6-2-3-8-7(4-6)11(16)14-10(13-8)5-9(12)15/h2-4H,5H2,1H3,(H2,12,15)(H,13,14,16). The Hall–Kier alpha value is -2.17. The average Bonchev–Trinajstić information content (AvgIpc) is 2.18. The number of nitrogens with zero attached hydrogens (tertiary/aromatic N) is 1. The first-order valence-corrected chi connectivity index (χ1v) is 4.84. The number of aromatic amines is 1. The number of nitrogens with one attached hydrogen (secondary N) is 1. The van der Waals surface area contributed by atoms with Gasteiger partial charge in [-0.3, -0.25) is 9.59 Å². The van der Waals surface area contributed by atoms with Crippen LogP contribution in [0.5, 0.6) is 0 Å². The van der Waals surface area contributed by atoms with E-state index in [1.807, 2.05) is 13.0 Å². The van der Waals surface area contributed by atoms with Gasteiger partial charge in [0, 0.05) is 0 Å². The molecule has 2 rings (SSSR count). The summed E-state index contributed by atoms with van der Waals surface area (Å²) in [5, 5.41) is 0.522. The molecule has 5 heteroatoms. The molecule has 0 radical (unpaired) electrons. The van der Waals surface area contributed by atoms with Gasteiger partial charge in [-0.2, -0.15) is 0 Å². The first-order chi connectivity index (χ1) is 7.56. The fourth-order valence-electron chi connectivity index (χ4n) is 1.55. The summed E-state index contributed by atoms with van der Waals surface area (Å²) >= 11 is 0. The number of nitrogens with two attached hydrogens (primary N) is 1. The molecule has 1 heterocycles. The van der Waals surface area contributed by atoms with Crippen molar-refractivity contribution in [2.45, 2.75) is 13.3 Å². The Morgan fingerprint density at radius 3 is 2.94 bits per heavy atom. The SMILES string of the molecule is Cc1ccc2nc(CC(N)=O)[nH]c(=O)c2c1. The topological polar surface area (TPSA) is 88.8 Å². The van der Waals surface area contributed by atoms with Crippen LogP contribution in [0.1, 0.15) is 11.4 Å². The molecule has 0 unspecified atom stereocenters. The molecule has 0 bridgehead atoms. The van der Waals surface area contributed by atoms with Gasteiger partial charge in [-0.15, -0.1) is 0 Å². The van der Waals surface area contributed by atoms with Crippen LogP contribution in [0.4, 0.5) is 0 Å². The summed E-state index contributed by atoms with van der Waals surface area (Å²) in [4.78, 5) is 29.1. The van der Waals surface area contributed by atoms with Gasteiger partial charge in [0.05, 0.1) is 17.3 Å². The van der Waals surface area contributed by atoms with E-state index in [2.05, 4.69) is 9.97 Å². The maximum atomic E-state index is 11.7. The molecule has 0 fully saturated rings. The Morgan fingerprint density at radius 1 is 1.50 bits per heavy atom. The van der Waals surface area contributed by atoms with Gasteiger partial charge in [0.15, 0.2) is 0 Å². The quantitative estimate of drug-likeness (QED) is 0.756. The number of rotatable bonds is 2. The highest BCUT2D eigenvalue weighted by Crippen LogP contribution is 2.09. The predicted octanol–water partition coefficient (Wildman–Crippen LogP) is 0.259. The van der Waals surface area contributed by atoms with Gasteiger partial charge in [0.2, 0.25) is 5.91 Å². The lowest BCUT2D eigenvalue weighted by Gasteiger charge is -2.01. The Labute approximate surface area is 91.3 Å². The van der Waals surface area contributed by atoms with Crippen LogP contribution in [0, 0.1) is 6.92 Å². The molecule has 0 spiro atoms. The fourth-order valence-corrected chi connectivity index (χ4v) is 1.55. The van der Waals surface area contributed by atoms with Gasteiger partial charge >= 0.3 is 0 Å². The zero-order chi connectivity index (χ0) is 11.7. The molecular formula is C11H11N3O2. The third kappa shape index (κ3) is 1.93. The fraction of sp³-hybridized carbons (Fsp3) is 0.182. The summed E-state index contributed by atoms with van der Waals surface area (Å²) in [6, 6.07) is 5.38. The first-order valence-electron chi connectivity index (χ1n) is 4.84. The van der Waals surface area contributed by atoms with Crippen LogP contribution in [0.25, 0.3) is 10.9 Å². The van der Waals surface area contributed by atoms with Crippen LogP contribution in [-0.2, 0) is 11.2 Å². The van der Waals surface area contributed by atoms with Crippen LogP contribution in [0.3, 0.4) is 0 Å². The van der Waals surface area contributed by atoms with Gasteiger partial charge in [-0.25, -0.2) is 4.98 Å². The second-order valence-corrected chi connectivity index (χ2v) is 3.68. The van der Waals surface area contributed by atoms with E-state index in [0.717, 1.165) is 5.56 Å². The van der Waals surface area contributed by atoms with Crippen molar-refractivity contribution >= 4 is 16.8 Å². The number of hydrogen-bond acceptors (Lipinski definition) is 3. The zero-order valence-electron chi connectivity index (χ0n) is 8.78. The lowest BCUT2D eigenvalue weighted by atomic mass is 10.1. The normalized spacial score (nSPS) is 10.6. The van der Waals surface area contributed by atoms with Crippen molar-refractivity contribution in [2.24, 2.45) is 5.73 Å². The highest BCUT2D eigenvalue weighted by molar-refractivity contribution is 5.80. The minimum Gasteiger partial charge on any atom is -0.369 e. The monoisotopic (exact) mass is 217 g/mol. The number of primary amides is 1. The molecule has 0 aliphatic rings. The van der Waals surface area contributed by atoms with Crippen LogP contribution in [-0.4, -0.2) is 15.9 Å². The van der Waals surface area contributed by atoms with Gasteiger partial charge in [-0.05, 0) is 19.1 Å². The molecule has 16 heavy (non-hydrogen) atoms. The van der Waals surface area contributed by atoms with Crippen molar-refractivity contribution in [3.05, 3.63) is 39.9 Å². The van der Waals surface area contributed by atoms with E-state index in [-0.39, 0.29) is 12.0 Å². The molecule has 0 aliphatic heterocycles. The lowest BCUT2D eigenvalue weighted by Crippen LogP contribution is -2.19. The number of fused-ring (bicyclic) bond motifs is 1. The molecule has 1 aromatic heterocycles. The Balaban J connectivity index is 2.64. The molecule has 1 amide bonds. The second kappa shape index (κ2) is 3.77. The van der Waals surface area contributed by atoms with Crippen molar-refractivity contribution in [1.29, 1.82) is 0 Å². The number of carbonyl (C=O) groups excluding carboxylic acids is 1. The van der Waals surface area contributed by atoms with E-state index in [1.165, 1.54) is 0 Å². The van der Waals surface area contributed by atoms with Crippen molar-refractivity contribution in [2.75, 3.05) is 0 Å². The summed E-state index contributed by atoms with van der Waals surface area (Å²) in [6.45, 7) is 1.90. The Morgan fingerprint density at radius 2 is 2.25 bits per heavy atom. The summed E-state index contributed by atoms with van der Waals surface area (Å²) in [7, 11) is 0. The maximum absolute atomic E-state index is 11.7. The largest absolute Gasteiger partial charge is 0.369 e. The number of carbonyl (C=O) groups is 1. The van der Waals surface area contributed by atoms with Crippen LogP contribution >= 0.6 is 0 Å². The van der Waals surface area contributed by atoms with Gasteiger partial charge in [0.1, 0.15) is 5.82 Å². The lowest BCUT2D eigenvalue weighted by molar-refractivity contribution is -0.117. The molecule has 1 aromatic carbocycles. The second-order valence-electron chi connectivity index (χ2n) is 3.68. The van der Waals surface area contributed by atoms with E-state index in [0.29, 0.717) is 16.7 Å². The minimum atomic E-state index is -0.519. The smallest absolute Gasteiger partial charge is 0.258 e. The predicted molar refractivity (Wildman–Crippen MR) is 60.0 cm³/mol. The third-order valence-electron chi connectivity index (χ3n) is 2.25. The number of H-pyrrole nitrogens is 1. The number of benzene rings is 1. The first kappa shape index (κ1) is 10.4. The average molecular weight is 217 g/mol. The zero-order valence-corrected chi connectivity index (χ0v) is 8.78. The van der Waals surface area contributed by atoms with Crippen LogP contribution < -0.4 is 11.3 Å². The summed E-state index contributed by atoms with van der Waals surface area (Å²) in [5.41, 5.74) is 6.36. The van der Waals surface area contributed by atoms with Crippen molar-refractivity contribution in [3.8, 4) is 0 Å². The molecule has 82 valence electrons. The molecule has 2 aromatic rings. The van der Waals surface area contributed by atoms with Crippen molar-refractivity contribution in [3.63, 3.8) is 0 Å². The Kier molecular flexibility index (Phi) is 2.44. The van der Waals surface area contributed by atoms with Gasteiger partial charge in [0.25, 0.3) is 5.56 Å². The number of amides is 1. The number of aromatic nitrogens is 2. The van der Waals surface area contributed by atoms with Gasteiger partial charge < -0.3 is 10.7 Å². The molecule has 3 N–H and O–H groups in total. The third-order valence-corrected chi connectivity index (χ3v) is 2.25. The Bertz CT molecular complexity index is 616. The minimum absolute atomic E-state index is 0.0565. The summed E-state index contributed by atoms with van der Waals surface area (Å²) in [5.74, 6) is -0.219. The molecular weight excluding hydrogens is 206 g/mol. The van der Waals surface area contributed by atoms with Crippen molar-refractivity contribution in [1.82, 2.24) is 9.97 Å². The van der Waals surface area contributed by atoms with Crippen LogP contribution in [0.15, 0.2) is 23.0 Å². The number of aryl methyl sites for hydroxylation is 1. The molecule has 0 saturated carbocycles. The van der Waals surface area contributed by atoms with E-state index in [4.69, 9.17) is 5.73 Å². The van der Waals surface area contributed by atoms with E-state index in [1.54, 1.807) is 12.1 Å². The van der Waals surface area contributed by atoms with E-state index in [9.17, 15) is 9.59 Å². The van der Waals surface area contributed by atoms with E-state index >= 15 is 0 Å². The summed E-state index contributed by atoms with van der Waals surface area (Å²) in [6.07, 6.45) is -0.0565.